The number of thioether (sulfide) groups is 1. The Kier molecular flexibility index (Phi) is 6.16. The van der Waals surface area contributed by atoms with E-state index in [0.717, 1.165) is 11.1 Å². The summed E-state index contributed by atoms with van der Waals surface area (Å²) >= 11 is 7.39. The minimum Gasteiger partial charge on any atom is -0.493 e. The van der Waals surface area contributed by atoms with E-state index in [0.29, 0.717) is 38.0 Å². The van der Waals surface area contributed by atoms with E-state index >= 15 is 0 Å². The topological polar surface area (TPSA) is 69.2 Å². The first-order valence-corrected chi connectivity index (χ1v) is 9.51. The van der Waals surface area contributed by atoms with Gasteiger partial charge in [0.15, 0.2) is 16.7 Å². The zero-order valence-electron chi connectivity index (χ0n) is 15.8. The molecule has 1 aliphatic heterocycles. The van der Waals surface area contributed by atoms with Gasteiger partial charge in [0, 0.05) is 5.02 Å². The van der Waals surface area contributed by atoms with Crippen LogP contribution in [-0.4, -0.2) is 32.4 Å². The van der Waals surface area contributed by atoms with Crippen LogP contribution in [0.3, 0.4) is 0 Å². The molecule has 1 aliphatic rings. The van der Waals surface area contributed by atoms with E-state index in [9.17, 15) is 4.79 Å². The number of hydrogen-bond donors (Lipinski definition) is 1. The summed E-state index contributed by atoms with van der Waals surface area (Å²) in [6.07, 6.45) is 1.75. The van der Waals surface area contributed by atoms with Gasteiger partial charge in [-0.05, 0) is 60.2 Å². The number of benzene rings is 2. The molecule has 1 fully saturated rings. The van der Waals surface area contributed by atoms with Gasteiger partial charge in [-0.3, -0.25) is 4.79 Å². The zero-order valence-corrected chi connectivity index (χ0v) is 17.4. The molecule has 0 atom stereocenters. The fraction of sp³-hybridized carbons (Fsp3) is 0.200. The fourth-order valence-electron chi connectivity index (χ4n) is 2.64. The lowest BCUT2D eigenvalue weighted by atomic mass is 10.1. The highest BCUT2D eigenvalue weighted by molar-refractivity contribution is 8.18. The lowest BCUT2D eigenvalue weighted by Crippen LogP contribution is -2.19. The van der Waals surface area contributed by atoms with Gasteiger partial charge in [-0.1, -0.05) is 17.7 Å². The van der Waals surface area contributed by atoms with Gasteiger partial charge in [0.25, 0.3) is 5.91 Å². The number of carbonyl (C=O) groups is 1. The third-order valence-electron chi connectivity index (χ3n) is 4.10. The Balaban J connectivity index is 1.93. The monoisotopic (exact) mass is 418 g/mol. The standard InChI is InChI=1S/C20H19ClN2O4S/c1-11-13(21)6-5-7-14(11)22-20-23-19(24)17(28-20)10-12-8-15(25-2)18(27-4)16(9-12)26-3/h5-10H,1-4H3,(H,22,23,24). The highest BCUT2D eigenvalue weighted by Gasteiger charge is 2.24. The van der Waals surface area contributed by atoms with Gasteiger partial charge in [-0.25, -0.2) is 4.99 Å². The van der Waals surface area contributed by atoms with E-state index in [4.69, 9.17) is 25.8 Å². The first-order valence-electron chi connectivity index (χ1n) is 8.31. The van der Waals surface area contributed by atoms with Gasteiger partial charge in [-0.2, -0.15) is 0 Å². The number of carbonyl (C=O) groups excluding carboxylic acids is 1. The van der Waals surface area contributed by atoms with Crippen LogP contribution in [0.15, 0.2) is 40.2 Å². The second kappa shape index (κ2) is 8.58. The number of amides is 1. The van der Waals surface area contributed by atoms with Crippen LogP contribution in [0.5, 0.6) is 17.2 Å². The molecule has 1 N–H and O–H groups in total. The van der Waals surface area contributed by atoms with Crippen molar-refractivity contribution in [3.05, 3.63) is 51.4 Å². The Morgan fingerprint density at radius 3 is 2.39 bits per heavy atom. The third-order valence-corrected chi connectivity index (χ3v) is 5.42. The molecule has 1 heterocycles. The summed E-state index contributed by atoms with van der Waals surface area (Å²) < 4.78 is 16.0. The van der Waals surface area contributed by atoms with Crippen molar-refractivity contribution in [3.63, 3.8) is 0 Å². The van der Waals surface area contributed by atoms with Crippen LogP contribution in [0.25, 0.3) is 6.08 Å². The number of nitrogens with zero attached hydrogens (tertiary/aromatic N) is 1. The molecular weight excluding hydrogens is 400 g/mol. The molecule has 0 unspecified atom stereocenters. The average molecular weight is 419 g/mol. The molecule has 1 saturated heterocycles. The minimum absolute atomic E-state index is 0.225. The number of aliphatic imine (C=N–C) groups is 1. The molecule has 28 heavy (non-hydrogen) atoms. The molecule has 1 amide bonds. The molecule has 0 spiro atoms. The molecule has 6 nitrogen and oxygen atoms in total. The molecule has 2 aromatic carbocycles. The molecule has 146 valence electrons. The van der Waals surface area contributed by atoms with E-state index in [-0.39, 0.29) is 5.91 Å². The first kappa shape index (κ1) is 20.1. The molecule has 0 aliphatic carbocycles. The fourth-order valence-corrected chi connectivity index (χ4v) is 3.65. The summed E-state index contributed by atoms with van der Waals surface area (Å²) in [6.45, 7) is 1.88. The van der Waals surface area contributed by atoms with Crippen LogP contribution < -0.4 is 19.5 Å². The van der Waals surface area contributed by atoms with Crippen molar-refractivity contribution in [2.45, 2.75) is 6.92 Å². The van der Waals surface area contributed by atoms with Crippen molar-refractivity contribution >= 4 is 46.2 Å². The van der Waals surface area contributed by atoms with Gasteiger partial charge >= 0.3 is 0 Å². The Bertz CT molecular complexity index is 963. The van der Waals surface area contributed by atoms with Crippen LogP contribution in [0.1, 0.15) is 11.1 Å². The molecule has 0 bridgehead atoms. The molecule has 8 heteroatoms. The van der Waals surface area contributed by atoms with Crippen molar-refractivity contribution in [3.8, 4) is 17.2 Å². The van der Waals surface area contributed by atoms with Gasteiger partial charge in [0.05, 0.1) is 31.9 Å². The summed E-state index contributed by atoms with van der Waals surface area (Å²) in [4.78, 5) is 17.4. The summed E-state index contributed by atoms with van der Waals surface area (Å²) in [5.41, 5.74) is 2.31. The van der Waals surface area contributed by atoms with Crippen LogP contribution in [-0.2, 0) is 4.79 Å². The van der Waals surface area contributed by atoms with Crippen LogP contribution in [0, 0.1) is 6.92 Å². The summed E-state index contributed by atoms with van der Waals surface area (Å²) in [6, 6.07) is 9.03. The van der Waals surface area contributed by atoms with Crippen molar-refractivity contribution in [2.75, 3.05) is 21.3 Å². The predicted octanol–water partition coefficient (Wildman–Crippen LogP) is 4.57. The quantitative estimate of drug-likeness (QED) is 0.720. The second-order valence-electron chi connectivity index (χ2n) is 5.82. The molecule has 0 aromatic heterocycles. The molecule has 3 rings (SSSR count). The smallest absolute Gasteiger partial charge is 0.264 e. The van der Waals surface area contributed by atoms with Crippen molar-refractivity contribution < 1.29 is 19.0 Å². The Morgan fingerprint density at radius 2 is 1.79 bits per heavy atom. The van der Waals surface area contributed by atoms with Gasteiger partial charge in [0.2, 0.25) is 5.75 Å². The number of amidine groups is 1. The number of hydrogen-bond acceptors (Lipinski definition) is 6. The van der Waals surface area contributed by atoms with Crippen LogP contribution in [0.4, 0.5) is 5.69 Å². The number of ether oxygens (including phenoxy) is 3. The van der Waals surface area contributed by atoms with Gasteiger partial charge in [-0.15, -0.1) is 0 Å². The van der Waals surface area contributed by atoms with E-state index in [1.165, 1.54) is 11.8 Å². The maximum atomic E-state index is 12.4. The lowest BCUT2D eigenvalue weighted by Gasteiger charge is -2.12. The highest BCUT2D eigenvalue weighted by atomic mass is 35.5. The molecule has 2 aromatic rings. The van der Waals surface area contributed by atoms with E-state index in [2.05, 4.69) is 10.3 Å². The Labute approximate surface area is 172 Å². The number of methoxy groups -OCH3 is 3. The minimum atomic E-state index is -0.225. The Morgan fingerprint density at radius 1 is 1.11 bits per heavy atom. The van der Waals surface area contributed by atoms with Gasteiger partial charge in [0.1, 0.15) is 0 Å². The normalized spacial score (nSPS) is 16.4. The molecular formula is C20H19ClN2O4S. The first-order chi connectivity index (χ1) is 13.5. The summed E-state index contributed by atoms with van der Waals surface area (Å²) in [5.74, 6) is 1.30. The Hall–Kier alpha value is -2.64. The van der Waals surface area contributed by atoms with Crippen molar-refractivity contribution in [2.24, 2.45) is 4.99 Å². The number of halogens is 1. The van der Waals surface area contributed by atoms with Crippen LogP contribution >= 0.6 is 23.4 Å². The number of nitrogens with one attached hydrogen (secondary N) is 1. The number of rotatable bonds is 5. The zero-order chi connectivity index (χ0) is 20.3. The maximum Gasteiger partial charge on any atom is 0.264 e. The molecule has 0 saturated carbocycles. The SMILES string of the molecule is COc1cc(C=C2SC(=Nc3cccc(Cl)c3C)NC2=O)cc(OC)c1OC. The maximum absolute atomic E-state index is 12.4. The summed E-state index contributed by atoms with van der Waals surface area (Å²) in [5, 5.41) is 3.90. The average Bonchev–Trinajstić information content (AvgIpc) is 3.03. The van der Waals surface area contributed by atoms with Gasteiger partial charge < -0.3 is 19.5 Å². The lowest BCUT2D eigenvalue weighted by molar-refractivity contribution is -0.115. The summed E-state index contributed by atoms with van der Waals surface area (Å²) in [7, 11) is 4.63. The largest absolute Gasteiger partial charge is 0.493 e. The third kappa shape index (κ3) is 4.10. The van der Waals surface area contributed by atoms with Crippen molar-refractivity contribution in [1.29, 1.82) is 0 Å². The molecule has 0 radical (unpaired) electrons. The van der Waals surface area contributed by atoms with E-state index in [1.807, 2.05) is 19.1 Å². The van der Waals surface area contributed by atoms with Crippen LogP contribution in [0.2, 0.25) is 5.02 Å². The van der Waals surface area contributed by atoms with E-state index < -0.39 is 0 Å². The second-order valence-corrected chi connectivity index (χ2v) is 7.26. The predicted molar refractivity (Wildman–Crippen MR) is 113 cm³/mol. The van der Waals surface area contributed by atoms with E-state index in [1.54, 1.807) is 45.6 Å². The highest BCUT2D eigenvalue weighted by Crippen LogP contribution is 2.39. The van der Waals surface area contributed by atoms with Crippen molar-refractivity contribution in [1.82, 2.24) is 5.32 Å².